The monoisotopic (exact) mass is 400 g/mol. The first kappa shape index (κ1) is 21.5. The van der Waals surface area contributed by atoms with E-state index in [0.717, 1.165) is 16.7 Å². The van der Waals surface area contributed by atoms with Gasteiger partial charge in [-0.15, -0.1) is 0 Å². The van der Waals surface area contributed by atoms with Gasteiger partial charge < -0.3 is 9.47 Å². The van der Waals surface area contributed by atoms with Crippen molar-refractivity contribution in [3.63, 3.8) is 0 Å². The van der Waals surface area contributed by atoms with Gasteiger partial charge in [0, 0.05) is 0 Å². The van der Waals surface area contributed by atoms with Crippen LogP contribution in [0.2, 0.25) is 0 Å². The minimum absolute atomic E-state index is 0.286. The SMILES string of the molecule is CCOC(=O)c1ccc(COC/C(=C\C(C)c2ccccc2)c2ccccc2)cc1. The highest BCUT2D eigenvalue weighted by Gasteiger charge is 2.09. The Bertz CT molecular complexity index is 944. The molecule has 0 fully saturated rings. The smallest absolute Gasteiger partial charge is 0.338 e. The van der Waals surface area contributed by atoms with E-state index < -0.39 is 0 Å². The van der Waals surface area contributed by atoms with Crippen LogP contribution in [0.3, 0.4) is 0 Å². The molecule has 0 aliphatic heterocycles. The summed E-state index contributed by atoms with van der Waals surface area (Å²) >= 11 is 0. The van der Waals surface area contributed by atoms with Gasteiger partial charge in [-0.25, -0.2) is 4.79 Å². The normalized spacial score (nSPS) is 12.4. The predicted molar refractivity (Wildman–Crippen MR) is 121 cm³/mol. The molecular formula is C27H28O3. The molecule has 1 atom stereocenters. The Hall–Kier alpha value is -3.17. The summed E-state index contributed by atoms with van der Waals surface area (Å²) in [6.45, 7) is 5.37. The summed E-state index contributed by atoms with van der Waals surface area (Å²) in [5, 5.41) is 0. The number of benzene rings is 3. The Morgan fingerprint density at radius 3 is 2.13 bits per heavy atom. The fourth-order valence-electron chi connectivity index (χ4n) is 3.26. The second kappa shape index (κ2) is 11.1. The molecule has 30 heavy (non-hydrogen) atoms. The Kier molecular flexibility index (Phi) is 7.99. The summed E-state index contributed by atoms with van der Waals surface area (Å²) in [5.41, 5.74) is 5.18. The first-order valence-corrected chi connectivity index (χ1v) is 10.3. The van der Waals surface area contributed by atoms with Crippen molar-refractivity contribution in [1.82, 2.24) is 0 Å². The maximum absolute atomic E-state index is 11.8. The molecule has 0 spiro atoms. The summed E-state index contributed by atoms with van der Waals surface area (Å²) in [6.07, 6.45) is 2.27. The van der Waals surface area contributed by atoms with Gasteiger partial charge >= 0.3 is 5.97 Å². The number of hydrogen-bond donors (Lipinski definition) is 0. The molecule has 0 amide bonds. The molecule has 0 radical (unpaired) electrons. The third-order valence-corrected chi connectivity index (χ3v) is 4.91. The lowest BCUT2D eigenvalue weighted by Crippen LogP contribution is -2.05. The zero-order valence-electron chi connectivity index (χ0n) is 17.6. The fraction of sp³-hybridized carbons (Fsp3) is 0.222. The van der Waals surface area contributed by atoms with E-state index in [1.807, 2.05) is 36.4 Å². The molecular weight excluding hydrogens is 372 g/mol. The van der Waals surface area contributed by atoms with E-state index >= 15 is 0 Å². The summed E-state index contributed by atoms with van der Waals surface area (Å²) in [7, 11) is 0. The number of carbonyl (C=O) groups excluding carboxylic acids is 1. The molecule has 3 aromatic rings. The number of rotatable bonds is 9. The van der Waals surface area contributed by atoms with Crippen molar-refractivity contribution in [1.29, 1.82) is 0 Å². The Morgan fingerprint density at radius 2 is 1.50 bits per heavy atom. The van der Waals surface area contributed by atoms with Crippen molar-refractivity contribution in [2.45, 2.75) is 26.4 Å². The van der Waals surface area contributed by atoms with Gasteiger partial charge in [-0.1, -0.05) is 85.8 Å². The number of hydrogen-bond acceptors (Lipinski definition) is 3. The van der Waals surface area contributed by atoms with Crippen molar-refractivity contribution < 1.29 is 14.3 Å². The zero-order valence-corrected chi connectivity index (χ0v) is 17.6. The standard InChI is InChI=1S/C27H28O3/c1-3-30-27(28)25-16-14-22(15-17-25)19-29-20-26(24-12-8-5-9-13-24)18-21(2)23-10-6-4-7-11-23/h4-18,21H,3,19-20H2,1-2H3/b26-18+. The molecule has 3 heteroatoms. The van der Waals surface area contributed by atoms with E-state index in [4.69, 9.17) is 9.47 Å². The molecule has 154 valence electrons. The molecule has 3 aromatic carbocycles. The maximum atomic E-state index is 11.8. The van der Waals surface area contributed by atoms with Crippen LogP contribution in [0.25, 0.3) is 5.57 Å². The Labute approximate surface area is 179 Å². The Morgan fingerprint density at radius 1 is 0.867 bits per heavy atom. The molecule has 0 aliphatic rings. The van der Waals surface area contributed by atoms with Crippen LogP contribution in [0.4, 0.5) is 0 Å². The summed E-state index contributed by atoms with van der Waals surface area (Å²) in [6, 6.07) is 28.2. The maximum Gasteiger partial charge on any atom is 0.338 e. The summed E-state index contributed by atoms with van der Waals surface area (Å²) in [5.74, 6) is -0.0111. The van der Waals surface area contributed by atoms with E-state index in [9.17, 15) is 4.79 Å². The number of esters is 1. The van der Waals surface area contributed by atoms with Crippen LogP contribution in [0.5, 0.6) is 0 Å². The highest BCUT2D eigenvalue weighted by molar-refractivity contribution is 5.89. The summed E-state index contributed by atoms with van der Waals surface area (Å²) in [4.78, 5) is 11.8. The molecule has 1 unspecified atom stereocenters. The van der Waals surface area contributed by atoms with Crippen molar-refractivity contribution in [2.75, 3.05) is 13.2 Å². The fourth-order valence-corrected chi connectivity index (χ4v) is 3.26. The quantitative estimate of drug-likeness (QED) is 0.397. The second-order valence-corrected chi connectivity index (χ2v) is 7.17. The van der Waals surface area contributed by atoms with Crippen LogP contribution in [-0.4, -0.2) is 19.2 Å². The van der Waals surface area contributed by atoms with E-state index in [-0.39, 0.29) is 11.9 Å². The molecule has 0 N–H and O–H groups in total. The van der Waals surface area contributed by atoms with Crippen molar-refractivity contribution in [2.24, 2.45) is 0 Å². The van der Waals surface area contributed by atoms with Crippen LogP contribution >= 0.6 is 0 Å². The van der Waals surface area contributed by atoms with Crippen LogP contribution in [0, 0.1) is 0 Å². The Balaban J connectivity index is 1.67. The van der Waals surface area contributed by atoms with Gasteiger partial charge in [0.05, 0.1) is 25.4 Å². The van der Waals surface area contributed by atoms with Crippen molar-refractivity contribution >= 4 is 11.5 Å². The van der Waals surface area contributed by atoms with E-state index in [0.29, 0.717) is 25.4 Å². The molecule has 0 heterocycles. The first-order chi connectivity index (χ1) is 14.7. The average Bonchev–Trinajstić information content (AvgIpc) is 2.80. The van der Waals surface area contributed by atoms with Gasteiger partial charge in [-0.2, -0.15) is 0 Å². The van der Waals surface area contributed by atoms with E-state index in [1.54, 1.807) is 19.1 Å². The largest absolute Gasteiger partial charge is 0.462 e. The summed E-state index contributed by atoms with van der Waals surface area (Å²) < 4.78 is 11.1. The molecule has 3 nitrogen and oxygen atoms in total. The third kappa shape index (κ3) is 6.16. The van der Waals surface area contributed by atoms with Crippen molar-refractivity contribution in [3.8, 4) is 0 Å². The average molecular weight is 401 g/mol. The highest BCUT2D eigenvalue weighted by Crippen LogP contribution is 2.23. The van der Waals surface area contributed by atoms with Gasteiger partial charge in [0.25, 0.3) is 0 Å². The molecule has 0 aliphatic carbocycles. The molecule has 0 aromatic heterocycles. The highest BCUT2D eigenvalue weighted by atomic mass is 16.5. The second-order valence-electron chi connectivity index (χ2n) is 7.17. The molecule has 0 bridgehead atoms. The van der Waals surface area contributed by atoms with Crippen molar-refractivity contribution in [3.05, 3.63) is 113 Å². The van der Waals surface area contributed by atoms with Gasteiger partial charge in [-0.3, -0.25) is 0 Å². The van der Waals surface area contributed by atoms with Gasteiger partial charge in [0.1, 0.15) is 0 Å². The lowest BCUT2D eigenvalue weighted by Gasteiger charge is -2.14. The minimum atomic E-state index is -0.297. The third-order valence-electron chi connectivity index (χ3n) is 4.91. The van der Waals surface area contributed by atoms with Crippen LogP contribution in [0.15, 0.2) is 91.0 Å². The van der Waals surface area contributed by atoms with Gasteiger partial charge in [0.15, 0.2) is 0 Å². The van der Waals surface area contributed by atoms with E-state index in [2.05, 4.69) is 49.4 Å². The minimum Gasteiger partial charge on any atom is -0.462 e. The lowest BCUT2D eigenvalue weighted by atomic mass is 9.96. The van der Waals surface area contributed by atoms with Gasteiger partial charge in [-0.05, 0) is 47.2 Å². The number of allylic oxidation sites excluding steroid dienone is 1. The number of carbonyl (C=O) groups is 1. The predicted octanol–water partition coefficient (Wildman–Crippen LogP) is 6.27. The first-order valence-electron chi connectivity index (χ1n) is 10.3. The van der Waals surface area contributed by atoms with Crippen LogP contribution < -0.4 is 0 Å². The van der Waals surface area contributed by atoms with Crippen LogP contribution in [-0.2, 0) is 16.1 Å². The van der Waals surface area contributed by atoms with Gasteiger partial charge in [0.2, 0.25) is 0 Å². The molecule has 3 rings (SSSR count). The zero-order chi connectivity index (χ0) is 21.2. The van der Waals surface area contributed by atoms with E-state index in [1.165, 1.54) is 5.56 Å². The molecule has 0 saturated carbocycles. The van der Waals surface area contributed by atoms with Crippen LogP contribution in [0.1, 0.15) is 46.8 Å². The lowest BCUT2D eigenvalue weighted by molar-refractivity contribution is 0.0526. The number of ether oxygens (including phenoxy) is 2. The topological polar surface area (TPSA) is 35.5 Å². The molecule has 0 saturated heterocycles.